The molecule has 4 N–H and O–H groups in total. The summed E-state index contributed by atoms with van der Waals surface area (Å²) in [5.41, 5.74) is 4.87. The molecule has 0 saturated heterocycles. The highest BCUT2D eigenvalue weighted by molar-refractivity contribution is 5.75. The van der Waals surface area contributed by atoms with E-state index >= 15 is 0 Å². The number of aliphatic hydroxyl groups excluding tert-OH is 1. The van der Waals surface area contributed by atoms with Crippen molar-refractivity contribution < 1.29 is 9.90 Å². The Balaban J connectivity index is 3.31. The van der Waals surface area contributed by atoms with Gasteiger partial charge in [0.2, 0.25) is 5.91 Å². The van der Waals surface area contributed by atoms with Crippen LogP contribution in [0, 0.1) is 5.92 Å². The van der Waals surface area contributed by atoms with Gasteiger partial charge in [0, 0.05) is 6.54 Å². The van der Waals surface area contributed by atoms with E-state index in [0.29, 0.717) is 6.54 Å². The van der Waals surface area contributed by atoms with Crippen LogP contribution >= 0.6 is 0 Å². The summed E-state index contributed by atoms with van der Waals surface area (Å²) in [5.74, 6) is -0.198. The Bertz CT molecular complexity index is 126. The quantitative estimate of drug-likeness (QED) is 0.487. The Kier molecular flexibility index (Phi) is 4.81. The molecule has 4 nitrogen and oxygen atoms in total. The van der Waals surface area contributed by atoms with E-state index < -0.39 is 12.0 Å². The van der Waals surface area contributed by atoms with Crippen LogP contribution in [0.2, 0.25) is 0 Å². The van der Waals surface area contributed by atoms with Crippen LogP contribution in [0.5, 0.6) is 0 Å². The lowest BCUT2D eigenvalue weighted by molar-refractivity contribution is -0.117. The number of primary amides is 1. The van der Waals surface area contributed by atoms with Crippen molar-refractivity contribution in [3.63, 3.8) is 0 Å². The van der Waals surface area contributed by atoms with E-state index in [4.69, 9.17) is 5.73 Å². The van der Waals surface area contributed by atoms with Gasteiger partial charge in [0.1, 0.15) is 0 Å². The van der Waals surface area contributed by atoms with Gasteiger partial charge >= 0.3 is 0 Å². The molecule has 0 aliphatic carbocycles. The molecule has 1 atom stereocenters. The third-order valence-electron chi connectivity index (χ3n) is 1.42. The number of carbonyl (C=O) groups excluding carboxylic acids is 1. The van der Waals surface area contributed by atoms with Gasteiger partial charge in [-0.3, -0.25) is 4.79 Å². The maximum absolute atomic E-state index is 10.2. The Hall–Kier alpha value is -0.610. The lowest BCUT2D eigenvalue weighted by Gasteiger charge is -2.13. The maximum atomic E-state index is 10.2. The molecule has 0 saturated carbocycles. The fraction of sp³-hybridized carbons (Fsp3) is 0.857. The summed E-state index contributed by atoms with van der Waals surface area (Å²) in [6.45, 7) is 4.37. The number of amides is 1. The molecule has 4 heteroatoms. The second-order valence-electron chi connectivity index (χ2n) is 2.91. The van der Waals surface area contributed by atoms with Crippen molar-refractivity contribution in [1.82, 2.24) is 5.32 Å². The smallest absolute Gasteiger partial charge is 0.231 e. The summed E-state index contributed by atoms with van der Waals surface area (Å²) in [4.78, 5) is 10.2. The fourth-order valence-corrected chi connectivity index (χ4v) is 0.579. The van der Waals surface area contributed by atoms with E-state index in [1.54, 1.807) is 0 Å². The van der Waals surface area contributed by atoms with E-state index in [9.17, 15) is 9.90 Å². The number of nitrogens with two attached hydrogens (primary N) is 1. The summed E-state index contributed by atoms with van der Waals surface area (Å²) in [6, 6.07) is 0. The van der Waals surface area contributed by atoms with Crippen LogP contribution in [-0.2, 0) is 4.79 Å². The molecular weight excluding hydrogens is 144 g/mol. The van der Waals surface area contributed by atoms with Crippen LogP contribution in [-0.4, -0.2) is 30.2 Å². The van der Waals surface area contributed by atoms with Gasteiger partial charge < -0.3 is 16.2 Å². The van der Waals surface area contributed by atoms with E-state index in [2.05, 4.69) is 5.32 Å². The molecule has 0 bridgehead atoms. The average Bonchev–Trinajstić information content (AvgIpc) is 1.86. The second kappa shape index (κ2) is 5.09. The third-order valence-corrected chi connectivity index (χ3v) is 1.42. The molecular formula is C7H16N2O2. The molecule has 0 heterocycles. The number of carbonyl (C=O) groups is 1. The van der Waals surface area contributed by atoms with Crippen molar-refractivity contribution in [2.24, 2.45) is 11.7 Å². The lowest BCUT2D eigenvalue weighted by atomic mass is 10.1. The zero-order valence-electron chi connectivity index (χ0n) is 7.00. The molecule has 0 aliphatic heterocycles. The fourth-order valence-electron chi connectivity index (χ4n) is 0.579. The monoisotopic (exact) mass is 160 g/mol. The lowest BCUT2D eigenvalue weighted by Crippen LogP contribution is -2.36. The summed E-state index contributed by atoms with van der Waals surface area (Å²) >= 11 is 0. The van der Waals surface area contributed by atoms with Gasteiger partial charge in [0.25, 0.3) is 0 Å². The van der Waals surface area contributed by atoms with Gasteiger partial charge in [0.15, 0.2) is 0 Å². The van der Waals surface area contributed by atoms with E-state index in [1.807, 2.05) is 13.8 Å². The number of aliphatic hydroxyl groups is 1. The molecule has 0 aliphatic rings. The molecule has 1 unspecified atom stereocenters. The number of rotatable bonds is 5. The first-order chi connectivity index (χ1) is 5.04. The Labute approximate surface area is 66.8 Å². The number of hydrogen-bond donors (Lipinski definition) is 3. The van der Waals surface area contributed by atoms with Crippen molar-refractivity contribution in [2.75, 3.05) is 13.1 Å². The second-order valence-corrected chi connectivity index (χ2v) is 2.91. The van der Waals surface area contributed by atoms with Crippen molar-refractivity contribution in [3.8, 4) is 0 Å². The first-order valence-electron chi connectivity index (χ1n) is 3.71. The topological polar surface area (TPSA) is 75.3 Å². The predicted octanol–water partition coefficient (Wildman–Crippen LogP) is -0.922. The summed E-state index contributed by atoms with van der Waals surface area (Å²) in [5, 5.41) is 12.0. The first kappa shape index (κ1) is 10.4. The summed E-state index contributed by atoms with van der Waals surface area (Å²) in [7, 11) is 0. The standard InChI is InChI=1S/C7H16N2O2/c1-5(2)6(10)3-9-4-7(8)11/h5-6,9-10H,3-4H2,1-2H3,(H2,8,11). The Morgan fingerprint density at radius 3 is 2.55 bits per heavy atom. The van der Waals surface area contributed by atoms with Crippen molar-refractivity contribution >= 4 is 5.91 Å². The molecule has 0 spiro atoms. The highest BCUT2D eigenvalue weighted by Crippen LogP contribution is 1.98. The molecule has 0 fully saturated rings. The van der Waals surface area contributed by atoms with E-state index in [0.717, 1.165) is 0 Å². The van der Waals surface area contributed by atoms with Gasteiger partial charge in [0.05, 0.1) is 12.6 Å². The van der Waals surface area contributed by atoms with Crippen LogP contribution in [0.25, 0.3) is 0 Å². The Morgan fingerprint density at radius 1 is 1.64 bits per heavy atom. The van der Waals surface area contributed by atoms with Crippen LogP contribution in [0.4, 0.5) is 0 Å². The van der Waals surface area contributed by atoms with Crippen LogP contribution in [0.3, 0.4) is 0 Å². The number of nitrogens with one attached hydrogen (secondary N) is 1. The average molecular weight is 160 g/mol. The number of hydrogen-bond acceptors (Lipinski definition) is 3. The minimum Gasteiger partial charge on any atom is -0.392 e. The van der Waals surface area contributed by atoms with Gasteiger partial charge in [-0.25, -0.2) is 0 Å². The van der Waals surface area contributed by atoms with Crippen LogP contribution in [0.15, 0.2) is 0 Å². The largest absolute Gasteiger partial charge is 0.392 e. The van der Waals surface area contributed by atoms with Crippen LogP contribution in [0.1, 0.15) is 13.8 Å². The zero-order valence-corrected chi connectivity index (χ0v) is 7.00. The van der Waals surface area contributed by atoms with Gasteiger partial charge in [-0.15, -0.1) is 0 Å². The van der Waals surface area contributed by atoms with Crippen molar-refractivity contribution in [1.29, 1.82) is 0 Å². The highest BCUT2D eigenvalue weighted by Gasteiger charge is 2.07. The first-order valence-corrected chi connectivity index (χ1v) is 3.71. The predicted molar refractivity (Wildman–Crippen MR) is 42.9 cm³/mol. The SMILES string of the molecule is CC(C)C(O)CNCC(N)=O. The van der Waals surface area contributed by atoms with Gasteiger partial charge in [-0.05, 0) is 5.92 Å². The van der Waals surface area contributed by atoms with E-state index in [1.165, 1.54) is 0 Å². The summed E-state index contributed by atoms with van der Waals surface area (Å²) in [6.07, 6.45) is -0.408. The normalized spacial score (nSPS) is 13.5. The molecule has 1 amide bonds. The molecule has 11 heavy (non-hydrogen) atoms. The highest BCUT2D eigenvalue weighted by atomic mass is 16.3. The van der Waals surface area contributed by atoms with Crippen molar-refractivity contribution in [3.05, 3.63) is 0 Å². The zero-order chi connectivity index (χ0) is 8.85. The minimum absolute atomic E-state index is 0.129. The Morgan fingerprint density at radius 2 is 2.18 bits per heavy atom. The van der Waals surface area contributed by atoms with E-state index in [-0.39, 0.29) is 12.5 Å². The maximum Gasteiger partial charge on any atom is 0.231 e. The molecule has 0 aromatic rings. The summed E-state index contributed by atoms with van der Waals surface area (Å²) < 4.78 is 0. The molecule has 0 radical (unpaired) electrons. The molecule has 0 rings (SSSR count). The van der Waals surface area contributed by atoms with Crippen molar-refractivity contribution in [2.45, 2.75) is 20.0 Å². The molecule has 0 aromatic heterocycles. The minimum atomic E-state index is -0.408. The van der Waals surface area contributed by atoms with Gasteiger partial charge in [-0.1, -0.05) is 13.8 Å². The third kappa shape index (κ3) is 5.82. The van der Waals surface area contributed by atoms with Crippen LogP contribution < -0.4 is 11.1 Å². The van der Waals surface area contributed by atoms with Gasteiger partial charge in [-0.2, -0.15) is 0 Å². The molecule has 0 aromatic carbocycles. The molecule has 66 valence electrons.